The molecule has 0 saturated heterocycles. The summed E-state index contributed by atoms with van der Waals surface area (Å²) in [6.07, 6.45) is 6.71. The summed E-state index contributed by atoms with van der Waals surface area (Å²) < 4.78 is 5.49. The van der Waals surface area contributed by atoms with Gasteiger partial charge in [-0.05, 0) is 75.0 Å². The van der Waals surface area contributed by atoms with E-state index in [1.54, 1.807) is 25.7 Å². The van der Waals surface area contributed by atoms with Gasteiger partial charge < -0.3 is 26.0 Å². The topological polar surface area (TPSA) is 148 Å². The van der Waals surface area contributed by atoms with Crippen molar-refractivity contribution in [3.05, 3.63) is 0 Å². The van der Waals surface area contributed by atoms with Crippen molar-refractivity contribution in [2.45, 2.75) is 151 Å². The highest BCUT2D eigenvalue weighted by Gasteiger charge is 2.48. The molecule has 2 aliphatic rings. The number of nitrogens with two attached hydrogens (primary N) is 1. The number of alkyl carbamates (subject to hydrolysis) is 1. The SMILES string of the molecule is CC[C@@H](C(=O)NC(CC1CCC1)C(=O)C(N)=O)N(CCC1(C(C)(C)C)CCC1)C(=O)[C@@H](NC(=O)OC(C)(C)C)C(C)(C)C. The average Bonchev–Trinajstić information content (AvgIpc) is 2.78. The van der Waals surface area contributed by atoms with Gasteiger partial charge in [-0.1, -0.05) is 74.1 Å². The van der Waals surface area contributed by atoms with Gasteiger partial charge in [0, 0.05) is 6.54 Å². The molecule has 1 unspecified atom stereocenters. The molecule has 0 aromatic rings. The molecule has 2 fully saturated rings. The molecule has 2 aliphatic carbocycles. The lowest BCUT2D eigenvalue weighted by Crippen LogP contribution is -2.61. The zero-order chi connectivity index (χ0) is 33.0. The molecule has 10 heteroatoms. The number of nitrogens with one attached hydrogen (secondary N) is 2. The fourth-order valence-corrected chi connectivity index (χ4v) is 6.25. The minimum absolute atomic E-state index is 0.00388. The van der Waals surface area contributed by atoms with Crippen LogP contribution in [0, 0.1) is 22.2 Å². The fourth-order valence-electron chi connectivity index (χ4n) is 6.25. The van der Waals surface area contributed by atoms with E-state index >= 15 is 0 Å². The second-order valence-electron chi connectivity index (χ2n) is 15.9. The van der Waals surface area contributed by atoms with Crippen molar-refractivity contribution in [3.8, 4) is 0 Å². The molecule has 2 rings (SSSR count). The maximum atomic E-state index is 14.5. The third-order valence-electron chi connectivity index (χ3n) is 9.53. The number of rotatable bonds is 13. The van der Waals surface area contributed by atoms with Crippen LogP contribution in [0.25, 0.3) is 0 Å². The van der Waals surface area contributed by atoms with Crippen LogP contribution in [0.4, 0.5) is 4.79 Å². The van der Waals surface area contributed by atoms with Crippen LogP contribution in [0.15, 0.2) is 0 Å². The van der Waals surface area contributed by atoms with Crippen LogP contribution in [0.3, 0.4) is 0 Å². The van der Waals surface area contributed by atoms with E-state index in [0.717, 1.165) is 38.5 Å². The van der Waals surface area contributed by atoms with Crippen molar-refractivity contribution in [2.24, 2.45) is 27.9 Å². The summed E-state index contributed by atoms with van der Waals surface area (Å²) in [4.78, 5) is 67.4. The molecule has 0 aromatic heterocycles. The summed E-state index contributed by atoms with van der Waals surface area (Å²) in [5.74, 6) is -2.57. The molecular formula is C33H58N4O6. The predicted octanol–water partition coefficient (Wildman–Crippen LogP) is 4.87. The van der Waals surface area contributed by atoms with Crippen molar-refractivity contribution in [2.75, 3.05) is 6.54 Å². The number of hydrogen-bond donors (Lipinski definition) is 3. The number of carbonyl (C=O) groups excluding carboxylic acids is 5. The molecule has 43 heavy (non-hydrogen) atoms. The second-order valence-corrected chi connectivity index (χ2v) is 15.9. The first-order valence-electron chi connectivity index (χ1n) is 16.1. The monoisotopic (exact) mass is 606 g/mol. The number of carbonyl (C=O) groups is 5. The Morgan fingerprint density at radius 1 is 0.930 bits per heavy atom. The standard InChI is InChI=1S/C33H58N4O6/c1-11-23(27(40)35-22(24(38)26(34)39)20-21-14-12-15-21)37(19-18-33(16-13-17-33)31(5,6)7)28(41)25(30(2,3)4)36-29(42)43-32(8,9)10/h21-23,25H,11-20H2,1-10H3,(H2,34,39)(H,35,40)(H,36,42)/t22?,23-,25+/m0/s1. The van der Waals surface area contributed by atoms with E-state index in [2.05, 4.69) is 31.4 Å². The molecular weight excluding hydrogens is 548 g/mol. The zero-order valence-electron chi connectivity index (χ0n) is 28.4. The zero-order valence-corrected chi connectivity index (χ0v) is 28.4. The van der Waals surface area contributed by atoms with Gasteiger partial charge in [0.2, 0.25) is 17.6 Å². The van der Waals surface area contributed by atoms with E-state index in [0.29, 0.717) is 19.4 Å². The number of Topliss-reactive ketones (excluding diaryl/α,β-unsaturated/α-hetero) is 1. The Balaban J connectivity index is 2.45. The number of amides is 4. The van der Waals surface area contributed by atoms with Gasteiger partial charge in [-0.15, -0.1) is 0 Å². The Kier molecular flexibility index (Phi) is 11.9. The second kappa shape index (κ2) is 14.0. The van der Waals surface area contributed by atoms with Gasteiger partial charge in [0.05, 0.1) is 6.04 Å². The van der Waals surface area contributed by atoms with E-state index in [1.165, 1.54) is 0 Å². The first kappa shape index (κ1) is 36.5. The molecule has 0 heterocycles. The summed E-state index contributed by atoms with van der Waals surface area (Å²) in [5, 5.41) is 5.58. The summed E-state index contributed by atoms with van der Waals surface area (Å²) >= 11 is 0. The highest BCUT2D eigenvalue weighted by atomic mass is 16.6. The molecule has 0 aromatic carbocycles. The van der Waals surface area contributed by atoms with Gasteiger partial charge in [-0.25, -0.2) is 4.79 Å². The molecule has 0 spiro atoms. The van der Waals surface area contributed by atoms with Gasteiger partial charge in [0.1, 0.15) is 17.7 Å². The quantitative estimate of drug-likeness (QED) is 0.255. The number of nitrogens with zero attached hydrogens (tertiary/aromatic N) is 1. The lowest BCUT2D eigenvalue weighted by Gasteiger charge is -2.53. The first-order valence-corrected chi connectivity index (χ1v) is 16.1. The van der Waals surface area contributed by atoms with Crippen molar-refractivity contribution >= 4 is 29.6 Å². The number of ether oxygens (including phenoxy) is 1. The van der Waals surface area contributed by atoms with Crippen LogP contribution in [-0.2, 0) is 23.9 Å². The van der Waals surface area contributed by atoms with Crippen molar-refractivity contribution in [1.82, 2.24) is 15.5 Å². The Bertz CT molecular complexity index is 1030. The summed E-state index contributed by atoms with van der Waals surface area (Å²) in [6.45, 7) is 19.6. The van der Waals surface area contributed by atoms with E-state index in [-0.39, 0.29) is 29.1 Å². The smallest absolute Gasteiger partial charge is 0.408 e. The highest BCUT2D eigenvalue weighted by Crippen LogP contribution is 2.56. The number of hydrogen-bond acceptors (Lipinski definition) is 6. The Labute approximate surface area is 259 Å². The maximum Gasteiger partial charge on any atom is 0.408 e. The molecule has 0 bridgehead atoms. The van der Waals surface area contributed by atoms with Gasteiger partial charge >= 0.3 is 6.09 Å². The van der Waals surface area contributed by atoms with E-state index in [4.69, 9.17) is 10.5 Å². The third kappa shape index (κ3) is 9.67. The predicted molar refractivity (Wildman–Crippen MR) is 167 cm³/mol. The largest absolute Gasteiger partial charge is 0.444 e. The van der Waals surface area contributed by atoms with Crippen molar-refractivity contribution in [3.63, 3.8) is 0 Å². The van der Waals surface area contributed by atoms with E-state index in [1.807, 2.05) is 27.7 Å². The Hall–Kier alpha value is -2.65. The molecule has 246 valence electrons. The van der Waals surface area contributed by atoms with Crippen LogP contribution in [0.5, 0.6) is 0 Å². The molecule has 10 nitrogen and oxygen atoms in total. The minimum Gasteiger partial charge on any atom is -0.444 e. The van der Waals surface area contributed by atoms with Crippen LogP contribution < -0.4 is 16.4 Å². The van der Waals surface area contributed by atoms with Crippen LogP contribution in [0.1, 0.15) is 127 Å². The molecule has 4 amide bonds. The van der Waals surface area contributed by atoms with Crippen LogP contribution in [-0.4, -0.2) is 64.8 Å². The summed E-state index contributed by atoms with van der Waals surface area (Å²) in [7, 11) is 0. The van der Waals surface area contributed by atoms with Crippen molar-refractivity contribution in [1.29, 1.82) is 0 Å². The lowest BCUT2D eigenvalue weighted by atomic mass is 9.53. The summed E-state index contributed by atoms with van der Waals surface area (Å²) in [5.41, 5.74) is 3.91. The summed E-state index contributed by atoms with van der Waals surface area (Å²) in [6, 6.07) is -2.93. The fraction of sp³-hybridized carbons (Fsp3) is 0.848. The van der Waals surface area contributed by atoms with E-state index < -0.39 is 52.8 Å². The molecule has 2 saturated carbocycles. The normalized spacial score (nSPS) is 19.1. The Morgan fingerprint density at radius 3 is 1.88 bits per heavy atom. The van der Waals surface area contributed by atoms with Gasteiger partial charge in [0.25, 0.3) is 5.91 Å². The minimum atomic E-state index is -1.09. The van der Waals surface area contributed by atoms with Crippen LogP contribution >= 0.6 is 0 Å². The number of ketones is 1. The molecule has 0 radical (unpaired) electrons. The first-order chi connectivity index (χ1) is 19.6. The van der Waals surface area contributed by atoms with Gasteiger partial charge in [-0.2, -0.15) is 0 Å². The van der Waals surface area contributed by atoms with Crippen molar-refractivity contribution < 1.29 is 28.7 Å². The lowest BCUT2D eigenvalue weighted by molar-refractivity contribution is -0.147. The van der Waals surface area contributed by atoms with E-state index in [9.17, 15) is 24.0 Å². The van der Waals surface area contributed by atoms with Crippen LogP contribution in [0.2, 0.25) is 0 Å². The average molecular weight is 607 g/mol. The molecule has 4 N–H and O–H groups in total. The highest BCUT2D eigenvalue weighted by molar-refractivity contribution is 6.37. The van der Waals surface area contributed by atoms with Gasteiger partial charge in [-0.3, -0.25) is 19.2 Å². The molecule has 0 aliphatic heterocycles. The van der Waals surface area contributed by atoms with Gasteiger partial charge in [0.15, 0.2) is 0 Å². The molecule has 3 atom stereocenters. The Morgan fingerprint density at radius 2 is 1.51 bits per heavy atom. The number of primary amides is 1. The maximum absolute atomic E-state index is 14.5. The third-order valence-corrected chi connectivity index (χ3v) is 9.53.